The normalized spacial score (nSPS) is 14.2. The van der Waals surface area contributed by atoms with Crippen molar-refractivity contribution in [2.24, 2.45) is 11.8 Å². The molecule has 1 aliphatic carbocycles. The molecule has 2 aromatic carbocycles. The molecule has 2 aromatic rings. The molecule has 0 heterocycles. The fourth-order valence-electron chi connectivity index (χ4n) is 4.32. The second-order valence-corrected chi connectivity index (χ2v) is 8.84. The van der Waals surface area contributed by atoms with E-state index >= 15 is 0 Å². The third-order valence-electron chi connectivity index (χ3n) is 5.99. The quantitative estimate of drug-likeness (QED) is 0.502. The molecule has 7 nitrogen and oxygen atoms in total. The van der Waals surface area contributed by atoms with Crippen molar-refractivity contribution in [2.45, 2.75) is 45.6 Å². The SMILES string of the molecule is CCC(NC(=O)OCC1c2ccccc2-c2ccccc21)C(=O)NCC(CC(C)C)C(=O)O. The molecule has 0 spiro atoms. The zero-order valence-electron chi connectivity index (χ0n) is 19.3. The highest BCUT2D eigenvalue weighted by atomic mass is 16.5. The maximum Gasteiger partial charge on any atom is 0.407 e. The lowest BCUT2D eigenvalue weighted by Gasteiger charge is -2.20. The van der Waals surface area contributed by atoms with Gasteiger partial charge in [0, 0.05) is 12.5 Å². The summed E-state index contributed by atoms with van der Waals surface area (Å²) in [5, 5.41) is 14.6. The Kier molecular flexibility index (Phi) is 8.09. The molecule has 2 amide bonds. The van der Waals surface area contributed by atoms with E-state index < -0.39 is 29.9 Å². The summed E-state index contributed by atoms with van der Waals surface area (Å²) in [6, 6.07) is 15.3. The van der Waals surface area contributed by atoms with Crippen molar-refractivity contribution in [1.82, 2.24) is 10.6 Å². The molecule has 0 fully saturated rings. The Morgan fingerprint density at radius 3 is 2.09 bits per heavy atom. The zero-order chi connectivity index (χ0) is 24.0. The van der Waals surface area contributed by atoms with Crippen molar-refractivity contribution in [3.8, 4) is 11.1 Å². The van der Waals surface area contributed by atoms with Gasteiger partial charge in [0.05, 0.1) is 5.92 Å². The monoisotopic (exact) mass is 452 g/mol. The predicted octanol–water partition coefficient (Wildman–Crippen LogP) is 4.17. The Balaban J connectivity index is 1.56. The fourth-order valence-corrected chi connectivity index (χ4v) is 4.32. The van der Waals surface area contributed by atoms with Gasteiger partial charge in [0.25, 0.3) is 0 Å². The number of amides is 2. The van der Waals surface area contributed by atoms with Crippen LogP contribution in [0.2, 0.25) is 0 Å². The fraction of sp³-hybridized carbons (Fsp3) is 0.423. The van der Waals surface area contributed by atoms with E-state index in [1.807, 2.05) is 50.2 Å². The Hall–Kier alpha value is -3.35. The van der Waals surface area contributed by atoms with Gasteiger partial charge < -0.3 is 20.5 Å². The van der Waals surface area contributed by atoms with Gasteiger partial charge in [0.1, 0.15) is 12.6 Å². The standard InChI is InChI=1S/C26H32N2O5/c1-4-23(24(29)27-14-17(25(30)31)13-16(2)3)28-26(32)33-15-22-20-11-7-5-9-18(20)19-10-6-8-12-21(19)22/h5-12,16-17,22-23H,4,13-15H2,1-3H3,(H,27,29)(H,28,32)(H,30,31). The van der Waals surface area contributed by atoms with Crippen LogP contribution in [-0.2, 0) is 14.3 Å². The number of nitrogens with one attached hydrogen (secondary N) is 2. The Morgan fingerprint density at radius 2 is 1.58 bits per heavy atom. The second kappa shape index (κ2) is 11.0. The van der Waals surface area contributed by atoms with E-state index in [1.54, 1.807) is 6.92 Å². The summed E-state index contributed by atoms with van der Waals surface area (Å²) in [6.07, 6.45) is 0.153. The van der Waals surface area contributed by atoms with Crippen LogP contribution in [0.1, 0.15) is 50.7 Å². The van der Waals surface area contributed by atoms with Gasteiger partial charge >= 0.3 is 12.1 Å². The van der Waals surface area contributed by atoms with E-state index in [9.17, 15) is 19.5 Å². The summed E-state index contributed by atoms with van der Waals surface area (Å²) in [5.74, 6) is -1.89. The molecule has 3 rings (SSSR count). The van der Waals surface area contributed by atoms with Crippen LogP contribution in [0.3, 0.4) is 0 Å². The molecule has 0 bridgehead atoms. The molecule has 0 aliphatic heterocycles. The molecule has 0 aromatic heterocycles. The number of carboxylic acid groups (broad SMARTS) is 1. The average Bonchev–Trinajstić information content (AvgIpc) is 3.12. The number of carbonyl (C=O) groups excluding carboxylic acids is 2. The van der Waals surface area contributed by atoms with Crippen LogP contribution in [0.15, 0.2) is 48.5 Å². The highest BCUT2D eigenvalue weighted by molar-refractivity contribution is 5.86. The van der Waals surface area contributed by atoms with Crippen molar-refractivity contribution >= 4 is 18.0 Å². The summed E-state index contributed by atoms with van der Waals surface area (Å²) in [6.45, 7) is 5.83. The minimum Gasteiger partial charge on any atom is -0.481 e. The molecule has 2 atom stereocenters. The third-order valence-corrected chi connectivity index (χ3v) is 5.99. The summed E-state index contributed by atoms with van der Waals surface area (Å²) >= 11 is 0. The van der Waals surface area contributed by atoms with Gasteiger partial charge in [0.2, 0.25) is 5.91 Å². The first-order valence-corrected chi connectivity index (χ1v) is 11.4. The third kappa shape index (κ3) is 5.92. The number of rotatable bonds is 10. The smallest absolute Gasteiger partial charge is 0.407 e. The van der Waals surface area contributed by atoms with Crippen LogP contribution < -0.4 is 10.6 Å². The molecule has 176 valence electrons. The number of ether oxygens (including phenoxy) is 1. The van der Waals surface area contributed by atoms with Crippen LogP contribution in [0.5, 0.6) is 0 Å². The second-order valence-electron chi connectivity index (χ2n) is 8.84. The summed E-state index contributed by atoms with van der Waals surface area (Å²) in [5.41, 5.74) is 4.51. The highest BCUT2D eigenvalue weighted by Crippen LogP contribution is 2.44. The van der Waals surface area contributed by atoms with E-state index in [0.29, 0.717) is 12.8 Å². The van der Waals surface area contributed by atoms with Gasteiger partial charge in [-0.3, -0.25) is 9.59 Å². The summed E-state index contributed by atoms with van der Waals surface area (Å²) in [7, 11) is 0. The van der Waals surface area contributed by atoms with Crippen LogP contribution >= 0.6 is 0 Å². The van der Waals surface area contributed by atoms with E-state index in [0.717, 1.165) is 22.3 Å². The first-order chi connectivity index (χ1) is 15.8. The number of benzene rings is 2. The number of alkyl carbamates (subject to hydrolysis) is 1. The van der Waals surface area contributed by atoms with E-state index in [1.165, 1.54) is 0 Å². The first-order valence-electron chi connectivity index (χ1n) is 11.4. The molecule has 1 aliphatic rings. The lowest BCUT2D eigenvalue weighted by atomic mass is 9.97. The predicted molar refractivity (Wildman–Crippen MR) is 126 cm³/mol. The van der Waals surface area contributed by atoms with Crippen molar-refractivity contribution in [3.63, 3.8) is 0 Å². The molecular weight excluding hydrogens is 420 g/mol. The lowest BCUT2D eigenvalue weighted by Crippen LogP contribution is -2.48. The summed E-state index contributed by atoms with van der Waals surface area (Å²) in [4.78, 5) is 36.4. The van der Waals surface area contributed by atoms with Gasteiger partial charge in [-0.1, -0.05) is 69.3 Å². The number of carboxylic acids is 1. The summed E-state index contributed by atoms with van der Waals surface area (Å²) < 4.78 is 5.51. The Bertz CT molecular complexity index is 958. The van der Waals surface area contributed by atoms with Crippen molar-refractivity contribution < 1.29 is 24.2 Å². The van der Waals surface area contributed by atoms with E-state index in [2.05, 4.69) is 22.8 Å². The minimum absolute atomic E-state index is 0.0230. The van der Waals surface area contributed by atoms with Crippen molar-refractivity contribution in [2.75, 3.05) is 13.2 Å². The average molecular weight is 453 g/mol. The molecule has 33 heavy (non-hydrogen) atoms. The first kappa shape index (κ1) is 24.3. The van der Waals surface area contributed by atoms with Crippen LogP contribution in [-0.4, -0.2) is 42.3 Å². The van der Waals surface area contributed by atoms with Crippen LogP contribution in [0.4, 0.5) is 4.79 Å². The van der Waals surface area contributed by atoms with Gasteiger partial charge in [-0.15, -0.1) is 0 Å². The number of aliphatic carboxylic acids is 1. The van der Waals surface area contributed by atoms with Crippen LogP contribution in [0, 0.1) is 11.8 Å². The number of carbonyl (C=O) groups is 3. The highest BCUT2D eigenvalue weighted by Gasteiger charge is 2.30. The minimum atomic E-state index is -0.943. The number of hydrogen-bond donors (Lipinski definition) is 3. The lowest BCUT2D eigenvalue weighted by molar-refractivity contribution is -0.142. The van der Waals surface area contributed by atoms with Gasteiger partial charge in [-0.25, -0.2) is 4.79 Å². The van der Waals surface area contributed by atoms with Crippen molar-refractivity contribution in [3.05, 3.63) is 59.7 Å². The van der Waals surface area contributed by atoms with Gasteiger partial charge in [-0.05, 0) is 41.0 Å². The van der Waals surface area contributed by atoms with Crippen molar-refractivity contribution in [1.29, 1.82) is 0 Å². The Morgan fingerprint density at radius 1 is 1.00 bits per heavy atom. The van der Waals surface area contributed by atoms with Crippen LogP contribution in [0.25, 0.3) is 11.1 Å². The van der Waals surface area contributed by atoms with Gasteiger partial charge in [0.15, 0.2) is 0 Å². The largest absolute Gasteiger partial charge is 0.481 e. The molecule has 0 saturated carbocycles. The van der Waals surface area contributed by atoms with Gasteiger partial charge in [-0.2, -0.15) is 0 Å². The van der Waals surface area contributed by atoms with E-state index in [-0.39, 0.29) is 25.0 Å². The zero-order valence-corrected chi connectivity index (χ0v) is 19.3. The van der Waals surface area contributed by atoms with E-state index in [4.69, 9.17) is 4.74 Å². The number of fused-ring (bicyclic) bond motifs is 3. The molecule has 0 saturated heterocycles. The molecule has 0 radical (unpaired) electrons. The Labute approximate surface area is 194 Å². The number of hydrogen-bond acceptors (Lipinski definition) is 4. The molecule has 3 N–H and O–H groups in total. The molecule has 2 unspecified atom stereocenters. The maximum absolute atomic E-state index is 12.5. The molecule has 7 heteroatoms. The maximum atomic E-state index is 12.5. The molecular formula is C26H32N2O5. The topological polar surface area (TPSA) is 105 Å².